The van der Waals surface area contributed by atoms with Gasteiger partial charge in [0.1, 0.15) is 12.1 Å². The Balaban J connectivity index is 2.44. The zero-order valence-electron chi connectivity index (χ0n) is 11.2. The van der Waals surface area contributed by atoms with E-state index in [-0.39, 0.29) is 17.7 Å². The molecule has 1 aromatic carbocycles. The third-order valence-corrected chi connectivity index (χ3v) is 3.97. The van der Waals surface area contributed by atoms with Gasteiger partial charge >= 0.3 is 0 Å². The van der Waals surface area contributed by atoms with Crippen LogP contribution in [0.25, 0.3) is 0 Å². The predicted molar refractivity (Wildman–Crippen MR) is 82.9 cm³/mol. The van der Waals surface area contributed by atoms with E-state index in [4.69, 9.17) is 0 Å². The molecule has 19 heavy (non-hydrogen) atoms. The second-order valence-corrected chi connectivity index (χ2v) is 6.35. The van der Waals surface area contributed by atoms with Crippen molar-refractivity contribution in [3.05, 3.63) is 27.8 Å². The first-order chi connectivity index (χ1) is 8.91. The molecule has 0 saturated carbocycles. The maximum Gasteiger partial charge on any atom is 0.250 e. The number of halogens is 1. The van der Waals surface area contributed by atoms with Crippen molar-refractivity contribution < 1.29 is 9.59 Å². The number of benzene rings is 1. The normalized spacial score (nSPS) is 23.7. The van der Waals surface area contributed by atoms with Crippen molar-refractivity contribution in [3.8, 4) is 0 Å². The van der Waals surface area contributed by atoms with E-state index in [0.29, 0.717) is 0 Å². The van der Waals surface area contributed by atoms with Gasteiger partial charge in [-0.3, -0.25) is 14.5 Å². The first-order valence-corrected chi connectivity index (χ1v) is 7.38. The number of hydrogen-bond donors (Lipinski definition) is 1. The minimum atomic E-state index is -0.471. The molecular formula is C14H17IN2O2. The topological polar surface area (TPSA) is 49.4 Å². The molecule has 1 fully saturated rings. The summed E-state index contributed by atoms with van der Waals surface area (Å²) in [5.74, 6) is -0.0733. The van der Waals surface area contributed by atoms with Gasteiger partial charge in [-0.25, -0.2) is 0 Å². The fraction of sp³-hybridized carbons (Fsp3) is 0.429. The van der Waals surface area contributed by atoms with Gasteiger partial charge in [0, 0.05) is 9.26 Å². The molecule has 1 saturated heterocycles. The molecule has 5 heteroatoms. The molecule has 1 aliphatic rings. The van der Waals surface area contributed by atoms with Gasteiger partial charge in [-0.1, -0.05) is 13.8 Å². The fourth-order valence-electron chi connectivity index (χ4n) is 2.31. The number of amides is 2. The average molecular weight is 372 g/mol. The molecule has 2 rings (SSSR count). The van der Waals surface area contributed by atoms with E-state index in [0.717, 1.165) is 9.26 Å². The number of hydrogen-bond acceptors (Lipinski definition) is 2. The van der Waals surface area contributed by atoms with Gasteiger partial charge in [-0.2, -0.15) is 0 Å². The Hall–Kier alpha value is -1.11. The summed E-state index contributed by atoms with van der Waals surface area (Å²) in [5.41, 5.74) is 0.783. The standard InChI is InChI=1S/C14H17IN2O2/c1-8(2)12-13(18)16-9(3)14(19)17(12)11-6-4-10(15)5-7-11/h4-9,12H,1-3H3,(H,16,18). The molecule has 2 unspecified atom stereocenters. The van der Waals surface area contributed by atoms with Crippen molar-refractivity contribution >= 4 is 40.1 Å². The van der Waals surface area contributed by atoms with Crippen LogP contribution in [0.3, 0.4) is 0 Å². The molecule has 0 radical (unpaired) electrons. The lowest BCUT2D eigenvalue weighted by Gasteiger charge is -2.39. The summed E-state index contributed by atoms with van der Waals surface area (Å²) in [5, 5.41) is 2.74. The summed E-state index contributed by atoms with van der Waals surface area (Å²) in [6.07, 6.45) is 0. The van der Waals surface area contributed by atoms with Crippen molar-refractivity contribution in [2.24, 2.45) is 5.92 Å². The number of nitrogens with zero attached hydrogens (tertiary/aromatic N) is 1. The Labute approximate surface area is 126 Å². The molecule has 4 nitrogen and oxygen atoms in total. The van der Waals surface area contributed by atoms with Gasteiger partial charge in [0.25, 0.3) is 0 Å². The van der Waals surface area contributed by atoms with Gasteiger partial charge in [0.2, 0.25) is 11.8 Å². The van der Waals surface area contributed by atoms with E-state index in [1.54, 1.807) is 11.8 Å². The minimum Gasteiger partial charge on any atom is -0.343 e. The molecule has 1 N–H and O–H groups in total. The Morgan fingerprint density at radius 1 is 1.21 bits per heavy atom. The monoisotopic (exact) mass is 372 g/mol. The molecule has 0 spiro atoms. The lowest BCUT2D eigenvalue weighted by Crippen LogP contribution is -2.64. The zero-order valence-corrected chi connectivity index (χ0v) is 13.3. The van der Waals surface area contributed by atoms with E-state index >= 15 is 0 Å². The largest absolute Gasteiger partial charge is 0.343 e. The van der Waals surface area contributed by atoms with E-state index in [9.17, 15) is 9.59 Å². The molecule has 1 heterocycles. The third kappa shape index (κ3) is 2.75. The SMILES string of the molecule is CC1NC(=O)C(C(C)C)N(c2ccc(I)cc2)C1=O. The van der Waals surface area contributed by atoms with E-state index in [1.807, 2.05) is 38.1 Å². The Kier molecular flexibility index (Phi) is 4.13. The molecule has 0 aliphatic carbocycles. The van der Waals surface area contributed by atoms with Crippen LogP contribution in [0.4, 0.5) is 5.69 Å². The highest BCUT2D eigenvalue weighted by Gasteiger charge is 2.40. The van der Waals surface area contributed by atoms with Crippen LogP contribution < -0.4 is 10.2 Å². The van der Waals surface area contributed by atoms with Crippen molar-refractivity contribution in [2.75, 3.05) is 4.90 Å². The van der Waals surface area contributed by atoms with E-state index in [1.165, 1.54) is 0 Å². The third-order valence-electron chi connectivity index (χ3n) is 3.25. The number of anilines is 1. The summed E-state index contributed by atoms with van der Waals surface area (Å²) in [4.78, 5) is 26.1. The van der Waals surface area contributed by atoms with Gasteiger partial charge in [-0.05, 0) is 59.7 Å². The van der Waals surface area contributed by atoms with Gasteiger partial charge in [-0.15, -0.1) is 0 Å². The van der Waals surface area contributed by atoms with Crippen molar-refractivity contribution in [1.29, 1.82) is 0 Å². The lowest BCUT2D eigenvalue weighted by atomic mass is 9.96. The number of nitrogens with one attached hydrogen (secondary N) is 1. The molecule has 102 valence electrons. The fourth-order valence-corrected chi connectivity index (χ4v) is 2.67. The average Bonchev–Trinajstić information content (AvgIpc) is 2.34. The van der Waals surface area contributed by atoms with Crippen LogP contribution in [-0.2, 0) is 9.59 Å². The van der Waals surface area contributed by atoms with Gasteiger partial charge in [0.05, 0.1) is 0 Å². The van der Waals surface area contributed by atoms with Crippen LogP contribution in [0.5, 0.6) is 0 Å². The second kappa shape index (κ2) is 5.48. The van der Waals surface area contributed by atoms with Crippen LogP contribution in [-0.4, -0.2) is 23.9 Å². The van der Waals surface area contributed by atoms with Crippen molar-refractivity contribution in [2.45, 2.75) is 32.9 Å². The van der Waals surface area contributed by atoms with E-state index in [2.05, 4.69) is 27.9 Å². The van der Waals surface area contributed by atoms with Crippen molar-refractivity contribution in [3.63, 3.8) is 0 Å². The lowest BCUT2D eigenvalue weighted by molar-refractivity contribution is -0.134. The molecule has 0 aromatic heterocycles. The van der Waals surface area contributed by atoms with Crippen LogP contribution in [0.1, 0.15) is 20.8 Å². The molecule has 2 atom stereocenters. The highest BCUT2D eigenvalue weighted by Crippen LogP contribution is 2.26. The van der Waals surface area contributed by atoms with Crippen LogP contribution in [0.15, 0.2) is 24.3 Å². The maximum absolute atomic E-state index is 12.4. The zero-order chi connectivity index (χ0) is 14.2. The first kappa shape index (κ1) is 14.3. The summed E-state index contributed by atoms with van der Waals surface area (Å²) < 4.78 is 1.10. The number of rotatable bonds is 2. The summed E-state index contributed by atoms with van der Waals surface area (Å²) >= 11 is 2.22. The second-order valence-electron chi connectivity index (χ2n) is 5.10. The summed E-state index contributed by atoms with van der Waals surface area (Å²) in [6, 6.07) is 6.75. The maximum atomic E-state index is 12.4. The van der Waals surface area contributed by atoms with Gasteiger partial charge in [0.15, 0.2) is 0 Å². The smallest absolute Gasteiger partial charge is 0.250 e. The summed E-state index contributed by atoms with van der Waals surface area (Å²) in [6.45, 7) is 5.62. The Morgan fingerprint density at radius 3 is 2.32 bits per heavy atom. The number of carbonyl (C=O) groups is 2. The van der Waals surface area contributed by atoms with Crippen molar-refractivity contribution in [1.82, 2.24) is 5.32 Å². The van der Waals surface area contributed by atoms with Crippen LogP contribution >= 0.6 is 22.6 Å². The number of piperazine rings is 1. The Bertz CT molecular complexity index is 499. The highest BCUT2D eigenvalue weighted by molar-refractivity contribution is 14.1. The highest BCUT2D eigenvalue weighted by atomic mass is 127. The molecule has 0 bridgehead atoms. The predicted octanol–water partition coefficient (Wildman–Crippen LogP) is 2.17. The molecule has 2 amide bonds. The van der Waals surface area contributed by atoms with Gasteiger partial charge < -0.3 is 5.32 Å². The van der Waals surface area contributed by atoms with E-state index < -0.39 is 12.1 Å². The quantitative estimate of drug-likeness (QED) is 0.810. The number of carbonyl (C=O) groups excluding carboxylic acids is 2. The molecular weight excluding hydrogens is 355 g/mol. The Morgan fingerprint density at radius 2 is 1.79 bits per heavy atom. The molecule has 1 aromatic rings. The summed E-state index contributed by atoms with van der Waals surface area (Å²) in [7, 11) is 0. The molecule has 1 aliphatic heterocycles. The first-order valence-electron chi connectivity index (χ1n) is 6.31. The van der Waals surface area contributed by atoms with Crippen LogP contribution in [0.2, 0.25) is 0 Å². The minimum absolute atomic E-state index is 0.0560. The van der Waals surface area contributed by atoms with Crippen LogP contribution in [0, 0.1) is 9.49 Å².